The van der Waals surface area contributed by atoms with Crippen molar-refractivity contribution >= 4 is 13.2 Å². The molecule has 0 aliphatic rings. The molecule has 0 aromatic heterocycles. The SMILES string of the molecule is CCCCP(CCC)c1ccc(F)cc1F. The van der Waals surface area contributed by atoms with E-state index in [9.17, 15) is 8.78 Å². The third kappa shape index (κ3) is 3.83. The highest BCUT2D eigenvalue weighted by Crippen LogP contribution is 2.37. The molecular weight excluding hydrogens is 225 g/mol. The third-order valence-corrected chi connectivity index (χ3v) is 5.41. The molecule has 1 atom stereocenters. The Morgan fingerprint density at radius 1 is 1.06 bits per heavy atom. The van der Waals surface area contributed by atoms with Gasteiger partial charge in [-0.15, -0.1) is 0 Å². The van der Waals surface area contributed by atoms with Gasteiger partial charge in [0.2, 0.25) is 0 Å². The number of rotatable bonds is 6. The monoisotopic (exact) mass is 244 g/mol. The third-order valence-electron chi connectivity index (χ3n) is 2.53. The summed E-state index contributed by atoms with van der Waals surface area (Å²) in [5.41, 5.74) is 0. The summed E-state index contributed by atoms with van der Waals surface area (Å²) in [7, 11) is -0.437. The molecule has 0 aliphatic heterocycles. The van der Waals surface area contributed by atoms with E-state index in [0.717, 1.165) is 43.0 Å². The summed E-state index contributed by atoms with van der Waals surface area (Å²) in [6, 6.07) is 4.00. The van der Waals surface area contributed by atoms with Crippen molar-refractivity contribution in [3.8, 4) is 0 Å². The second kappa shape index (κ2) is 6.96. The highest BCUT2D eigenvalue weighted by Gasteiger charge is 2.14. The highest BCUT2D eigenvalue weighted by molar-refractivity contribution is 7.65. The number of hydrogen-bond acceptors (Lipinski definition) is 0. The Labute approximate surface area is 97.8 Å². The second-order valence-electron chi connectivity index (χ2n) is 3.94. The van der Waals surface area contributed by atoms with Crippen molar-refractivity contribution in [2.45, 2.75) is 33.1 Å². The minimum atomic E-state index is -0.483. The van der Waals surface area contributed by atoms with Crippen LogP contribution in [0, 0.1) is 11.6 Å². The molecule has 1 rings (SSSR count). The van der Waals surface area contributed by atoms with Crippen LogP contribution in [0.3, 0.4) is 0 Å². The highest BCUT2D eigenvalue weighted by atomic mass is 31.1. The van der Waals surface area contributed by atoms with Gasteiger partial charge in [-0.3, -0.25) is 0 Å². The van der Waals surface area contributed by atoms with E-state index < -0.39 is 13.7 Å². The van der Waals surface area contributed by atoms with E-state index in [1.54, 1.807) is 6.07 Å². The molecule has 90 valence electrons. The Morgan fingerprint density at radius 2 is 1.81 bits per heavy atom. The van der Waals surface area contributed by atoms with Crippen LogP contribution in [0.25, 0.3) is 0 Å². The maximum atomic E-state index is 13.6. The molecule has 1 aromatic carbocycles. The summed E-state index contributed by atoms with van der Waals surface area (Å²) in [4.78, 5) is 0. The van der Waals surface area contributed by atoms with Crippen LogP contribution < -0.4 is 5.30 Å². The minimum Gasteiger partial charge on any atom is -0.207 e. The quantitative estimate of drug-likeness (QED) is 0.655. The summed E-state index contributed by atoms with van der Waals surface area (Å²) in [5, 5.41) is 0.742. The molecule has 16 heavy (non-hydrogen) atoms. The van der Waals surface area contributed by atoms with Crippen LogP contribution in [0.2, 0.25) is 0 Å². The average molecular weight is 244 g/mol. The molecule has 1 aromatic rings. The Hall–Kier alpha value is -0.490. The van der Waals surface area contributed by atoms with E-state index in [4.69, 9.17) is 0 Å². The largest absolute Gasteiger partial charge is 0.207 e. The van der Waals surface area contributed by atoms with Crippen LogP contribution >= 0.6 is 7.92 Å². The van der Waals surface area contributed by atoms with Crippen LogP contribution in [0.4, 0.5) is 8.78 Å². The van der Waals surface area contributed by atoms with Gasteiger partial charge in [0.1, 0.15) is 11.6 Å². The molecule has 0 saturated carbocycles. The smallest absolute Gasteiger partial charge is 0.133 e. The van der Waals surface area contributed by atoms with Gasteiger partial charge in [0, 0.05) is 11.4 Å². The summed E-state index contributed by atoms with van der Waals surface area (Å²) in [6.07, 6.45) is 5.42. The zero-order valence-electron chi connectivity index (χ0n) is 9.97. The lowest BCUT2D eigenvalue weighted by Crippen LogP contribution is -2.11. The molecule has 1 unspecified atom stereocenters. The molecule has 0 nitrogen and oxygen atoms in total. The van der Waals surface area contributed by atoms with Gasteiger partial charge < -0.3 is 0 Å². The minimum absolute atomic E-state index is 0.365. The normalized spacial score (nSPS) is 12.8. The van der Waals surface area contributed by atoms with E-state index in [0.29, 0.717) is 0 Å². The molecule has 3 heteroatoms. The van der Waals surface area contributed by atoms with Crippen molar-refractivity contribution in [3.63, 3.8) is 0 Å². The first-order chi connectivity index (χ1) is 7.69. The molecular formula is C13H19F2P. The molecule has 0 N–H and O–H groups in total. The molecule has 0 bridgehead atoms. The van der Waals surface area contributed by atoms with Gasteiger partial charge in [-0.1, -0.05) is 34.6 Å². The van der Waals surface area contributed by atoms with Crippen molar-refractivity contribution in [2.24, 2.45) is 0 Å². The molecule has 0 aliphatic carbocycles. The summed E-state index contributed by atoms with van der Waals surface area (Å²) < 4.78 is 26.4. The summed E-state index contributed by atoms with van der Waals surface area (Å²) in [5.74, 6) is -0.848. The number of unbranched alkanes of at least 4 members (excludes halogenated alkanes) is 1. The zero-order valence-corrected chi connectivity index (χ0v) is 10.9. The number of hydrogen-bond donors (Lipinski definition) is 0. The number of halogens is 2. The van der Waals surface area contributed by atoms with Crippen molar-refractivity contribution in [2.75, 3.05) is 12.3 Å². The predicted molar refractivity (Wildman–Crippen MR) is 67.8 cm³/mol. The van der Waals surface area contributed by atoms with E-state index in [1.165, 1.54) is 6.07 Å². The van der Waals surface area contributed by atoms with Crippen molar-refractivity contribution < 1.29 is 8.78 Å². The lowest BCUT2D eigenvalue weighted by molar-refractivity contribution is 0.588. The van der Waals surface area contributed by atoms with Crippen molar-refractivity contribution in [1.29, 1.82) is 0 Å². The fourth-order valence-corrected chi connectivity index (χ4v) is 4.30. The first kappa shape index (κ1) is 13.6. The Morgan fingerprint density at radius 3 is 2.38 bits per heavy atom. The van der Waals surface area contributed by atoms with Crippen LogP contribution in [-0.2, 0) is 0 Å². The van der Waals surface area contributed by atoms with Crippen LogP contribution in [0.15, 0.2) is 18.2 Å². The van der Waals surface area contributed by atoms with Crippen LogP contribution in [-0.4, -0.2) is 12.3 Å². The Balaban J connectivity index is 2.82. The average Bonchev–Trinajstić information content (AvgIpc) is 2.25. The van der Waals surface area contributed by atoms with Crippen molar-refractivity contribution in [1.82, 2.24) is 0 Å². The first-order valence-electron chi connectivity index (χ1n) is 5.89. The molecule has 0 radical (unpaired) electrons. The van der Waals surface area contributed by atoms with Gasteiger partial charge in [-0.25, -0.2) is 8.78 Å². The molecule has 0 heterocycles. The second-order valence-corrected chi connectivity index (χ2v) is 6.39. The maximum absolute atomic E-state index is 13.6. The maximum Gasteiger partial charge on any atom is 0.133 e. The Bertz CT molecular complexity index is 326. The van der Waals surface area contributed by atoms with Gasteiger partial charge in [0.05, 0.1) is 0 Å². The van der Waals surface area contributed by atoms with E-state index >= 15 is 0 Å². The standard InChI is InChI=1S/C13H19F2P/c1-3-5-9-16(8-4-2)13-7-6-11(14)10-12(13)15/h6-7,10H,3-5,8-9H2,1-2H3. The Kier molecular flexibility index (Phi) is 5.90. The molecule has 0 fully saturated rings. The summed E-state index contributed by atoms with van der Waals surface area (Å²) >= 11 is 0. The van der Waals surface area contributed by atoms with Crippen LogP contribution in [0.5, 0.6) is 0 Å². The molecule has 0 spiro atoms. The van der Waals surface area contributed by atoms with Gasteiger partial charge in [-0.05, 0) is 30.9 Å². The van der Waals surface area contributed by atoms with Gasteiger partial charge in [0.25, 0.3) is 0 Å². The predicted octanol–water partition coefficient (Wildman–Crippen LogP) is 4.28. The lowest BCUT2D eigenvalue weighted by Gasteiger charge is -2.17. The molecule has 0 amide bonds. The fourth-order valence-electron chi connectivity index (χ4n) is 1.71. The van der Waals surface area contributed by atoms with Crippen molar-refractivity contribution in [3.05, 3.63) is 29.8 Å². The molecule has 0 saturated heterocycles. The summed E-state index contributed by atoms with van der Waals surface area (Å²) in [6.45, 7) is 4.25. The zero-order chi connectivity index (χ0) is 12.0. The van der Waals surface area contributed by atoms with E-state index in [1.807, 2.05) is 0 Å². The first-order valence-corrected chi connectivity index (χ1v) is 7.60. The van der Waals surface area contributed by atoms with E-state index in [-0.39, 0.29) is 5.82 Å². The lowest BCUT2D eigenvalue weighted by atomic mass is 10.3. The van der Waals surface area contributed by atoms with Crippen LogP contribution in [0.1, 0.15) is 33.1 Å². The van der Waals surface area contributed by atoms with Gasteiger partial charge in [-0.2, -0.15) is 0 Å². The topological polar surface area (TPSA) is 0 Å². The number of benzene rings is 1. The van der Waals surface area contributed by atoms with E-state index in [2.05, 4.69) is 13.8 Å². The van der Waals surface area contributed by atoms with Gasteiger partial charge >= 0.3 is 0 Å². The van der Waals surface area contributed by atoms with Gasteiger partial charge in [0.15, 0.2) is 0 Å². The fraction of sp³-hybridized carbons (Fsp3) is 0.538.